The first-order valence-electron chi connectivity index (χ1n) is 7.56. The van der Waals surface area contributed by atoms with Crippen LogP contribution in [0.5, 0.6) is 11.6 Å². The molecule has 25 heavy (non-hydrogen) atoms. The smallest absolute Gasteiger partial charge is 0.244 e. The third-order valence-electron chi connectivity index (χ3n) is 4.13. The standard InChI is InChI=1S/C18H14N4O3/c1-23-11-5-2-4-10(8-11)16-15-14(13-6-3-7-24-13)12(9-19)17(20)25-18(15)22-21-16/h2-8,14H,20H2,1H3,(H,21,22). The third kappa shape index (κ3) is 2.32. The summed E-state index contributed by atoms with van der Waals surface area (Å²) in [6.45, 7) is 0. The molecule has 0 bridgehead atoms. The SMILES string of the molecule is COc1cccc(-c2[nH]nc3c2C(c2ccco2)C(C#N)=C(N)O3)c1. The summed E-state index contributed by atoms with van der Waals surface area (Å²) in [4.78, 5) is 0. The van der Waals surface area contributed by atoms with Crippen LogP contribution in [0.1, 0.15) is 17.2 Å². The van der Waals surface area contributed by atoms with Gasteiger partial charge in [-0.15, -0.1) is 5.10 Å². The van der Waals surface area contributed by atoms with Gasteiger partial charge in [0.05, 0.1) is 30.5 Å². The van der Waals surface area contributed by atoms with Crippen LogP contribution in [0.2, 0.25) is 0 Å². The van der Waals surface area contributed by atoms with Crippen LogP contribution in [0, 0.1) is 11.3 Å². The number of aromatic amines is 1. The Labute approximate surface area is 143 Å². The Hall–Kier alpha value is -3.66. The number of allylic oxidation sites excluding steroid dienone is 1. The van der Waals surface area contributed by atoms with Crippen molar-refractivity contribution in [1.29, 1.82) is 5.26 Å². The first kappa shape index (κ1) is 14.9. The van der Waals surface area contributed by atoms with Crippen molar-refractivity contribution in [2.75, 3.05) is 7.11 Å². The van der Waals surface area contributed by atoms with Crippen molar-refractivity contribution < 1.29 is 13.9 Å². The van der Waals surface area contributed by atoms with E-state index in [0.717, 1.165) is 11.3 Å². The number of aromatic nitrogens is 2. The molecule has 0 radical (unpaired) electrons. The van der Waals surface area contributed by atoms with E-state index in [1.807, 2.05) is 24.3 Å². The number of furan rings is 1. The van der Waals surface area contributed by atoms with Crippen LogP contribution in [0.4, 0.5) is 0 Å². The lowest BCUT2D eigenvalue weighted by molar-refractivity contribution is 0.371. The summed E-state index contributed by atoms with van der Waals surface area (Å²) in [6, 6.07) is 13.2. The molecule has 3 N–H and O–H groups in total. The fourth-order valence-electron chi connectivity index (χ4n) is 2.98. The highest BCUT2D eigenvalue weighted by atomic mass is 16.5. The van der Waals surface area contributed by atoms with Gasteiger partial charge >= 0.3 is 0 Å². The molecule has 2 aromatic heterocycles. The molecule has 124 valence electrons. The monoisotopic (exact) mass is 334 g/mol. The van der Waals surface area contributed by atoms with Crippen LogP contribution in [0.15, 0.2) is 58.5 Å². The predicted octanol–water partition coefficient (Wildman–Crippen LogP) is 2.90. The number of hydrogen-bond acceptors (Lipinski definition) is 6. The van der Waals surface area contributed by atoms with Crippen molar-refractivity contribution in [3.8, 4) is 29.0 Å². The fraction of sp³-hybridized carbons (Fsp3) is 0.111. The minimum absolute atomic E-state index is 0.0279. The summed E-state index contributed by atoms with van der Waals surface area (Å²) < 4.78 is 16.4. The number of fused-ring (bicyclic) bond motifs is 1. The van der Waals surface area contributed by atoms with Gasteiger partial charge in [0.15, 0.2) is 0 Å². The van der Waals surface area contributed by atoms with E-state index in [9.17, 15) is 5.26 Å². The molecule has 3 aromatic rings. The van der Waals surface area contributed by atoms with Crippen molar-refractivity contribution in [2.24, 2.45) is 5.73 Å². The number of hydrogen-bond donors (Lipinski definition) is 2. The zero-order valence-corrected chi connectivity index (χ0v) is 13.3. The highest BCUT2D eigenvalue weighted by molar-refractivity contribution is 5.71. The summed E-state index contributed by atoms with van der Waals surface area (Å²) in [6.07, 6.45) is 1.56. The number of rotatable bonds is 3. The summed E-state index contributed by atoms with van der Waals surface area (Å²) in [5.74, 6) is 1.16. The average Bonchev–Trinajstić information content (AvgIpc) is 3.30. The quantitative estimate of drug-likeness (QED) is 0.762. The van der Waals surface area contributed by atoms with Gasteiger partial charge in [0.2, 0.25) is 11.8 Å². The average molecular weight is 334 g/mol. The van der Waals surface area contributed by atoms with Crippen LogP contribution >= 0.6 is 0 Å². The van der Waals surface area contributed by atoms with Gasteiger partial charge in [-0.1, -0.05) is 12.1 Å². The molecule has 3 heterocycles. The first-order chi connectivity index (χ1) is 12.2. The van der Waals surface area contributed by atoms with E-state index in [4.69, 9.17) is 19.6 Å². The molecule has 0 saturated heterocycles. The van der Waals surface area contributed by atoms with E-state index in [2.05, 4.69) is 16.3 Å². The first-order valence-corrected chi connectivity index (χ1v) is 7.56. The van der Waals surface area contributed by atoms with E-state index in [1.54, 1.807) is 25.5 Å². The van der Waals surface area contributed by atoms with Gasteiger partial charge in [-0.3, -0.25) is 5.10 Å². The maximum Gasteiger partial charge on any atom is 0.244 e. The fourth-order valence-corrected chi connectivity index (χ4v) is 2.98. The number of nitrogens with two attached hydrogens (primary N) is 1. The minimum atomic E-state index is -0.497. The van der Waals surface area contributed by atoms with Crippen molar-refractivity contribution >= 4 is 0 Å². The maximum atomic E-state index is 9.58. The normalized spacial score (nSPS) is 16.1. The predicted molar refractivity (Wildman–Crippen MR) is 88.6 cm³/mol. The van der Waals surface area contributed by atoms with Crippen LogP contribution in [-0.2, 0) is 0 Å². The lowest BCUT2D eigenvalue weighted by Gasteiger charge is -2.22. The van der Waals surface area contributed by atoms with Gasteiger partial charge in [-0.25, -0.2) is 0 Å². The molecule has 1 aliphatic heterocycles. The minimum Gasteiger partial charge on any atom is -0.497 e. The third-order valence-corrected chi connectivity index (χ3v) is 4.13. The molecule has 0 fully saturated rings. The van der Waals surface area contributed by atoms with Crippen molar-refractivity contribution in [1.82, 2.24) is 10.2 Å². The number of ether oxygens (including phenoxy) is 2. The van der Waals surface area contributed by atoms with Crippen molar-refractivity contribution in [3.05, 3.63) is 65.4 Å². The summed E-state index contributed by atoms with van der Waals surface area (Å²) in [7, 11) is 1.60. The van der Waals surface area contributed by atoms with Crippen LogP contribution in [-0.4, -0.2) is 17.3 Å². The number of nitrogens with one attached hydrogen (secondary N) is 1. The highest BCUT2D eigenvalue weighted by Crippen LogP contribution is 2.45. The molecule has 1 aromatic carbocycles. The molecule has 1 atom stereocenters. The second kappa shape index (κ2) is 5.76. The lowest BCUT2D eigenvalue weighted by Crippen LogP contribution is -2.20. The van der Waals surface area contributed by atoms with E-state index in [0.29, 0.717) is 23.0 Å². The molecule has 1 aliphatic rings. The van der Waals surface area contributed by atoms with Gasteiger partial charge in [0.25, 0.3) is 0 Å². The Morgan fingerprint density at radius 3 is 2.92 bits per heavy atom. The van der Waals surface area contributed by atoms with Gasteiger partial charge in [0.1, 0.15) is 23.2 Å². The van der Waals surface area contributed by atoms with E-state index >= 15 is 0 Å². The number of nitriles is 1. The van der Waals surface area contributed by atoms with Crippen LogP contribution in [0.25, 0.3) is 11.3 Å². The second-order valence-electron chi connectivity index (χ2n) is 5.49. The lowest BCUT2D eigenvalue weighted by atomic mass is 9.86. The van der Waals surface area contributed by atoms with Crippen LogP contribution in [0.3, 0.4) is 0 Å². The maximum absolute atomic E-state index is 9.58. The second-order valence-corrected chi connectivity index (χ2v) is 5.49. The van der Waals surface area contributed by atoms with Gasteiger partial charge in [-0.05, 0) is 24.3 Å². The Bertz CT molecular complexity index is 996. The number of nitrogens with zero attached hydrogens (tertiary/aromatic N) is 2. The zero-order valence-electron chi connectivity index (χ0n) is 13.3. The Balaban J connectivity index is 1.93. The molecule has 4 rings (SSSR count). The molecular formula is C18H14N4O3. The Morgan fingerprint density at radius 2 is 2.20 bits per heavy atom. The summed E-state index contributed by atoms with van der Waals surface area (Å²) in [5, 5.41) is 16.8. The van der Waals surface area contributed by atoms with E-state index in [-0.39, 0.29) is 11.5 Å². The van der Waals surface area contributed by atoms with Crippen molar-refractivity contribution in [3.63, 3.8) is 0 Å². The summed E-state index contributed by atoms with van der Waals surface area (Å²) >= 11 is 0. The Morgan fingerprint density at radius 1 is 1.32 bits per heavy atom. The summed E-state index contributed by atoms with van der Waals surface area (Å²) in [5.41, 5.74) is 8.47. The van der Waals surface area contributed by atoms with Crippen LogP contribution < -0.4 is 15.2 Å². The number of methoxy groups -OCH3 is 1. The Kier molecular flexibility index (Phi) is 3.43. The number of benzene rings is 1. The molecule has 0 amide bonds. The topological polar surface area (TPSA) is 110 Å². The van der Waals surface area contributed by atoms with Gasteiger partial charge in [0, 0.05) is 5.56 Å². The van der Waals surface area contributed by atoms with Gasteiger partial charge < -0.3 is 19.6 Å². The van der Waals surface area contributed by atoms with Crippen molar-refractivity contribution in [2.45, 2.75) is 5.92 Å². The largest absolute Gasteiger partial charge is 0.497 e. The molecule has 0 aliphatic carbocycles. The zero-order chi connectivity index (χ0) is 17.4. The number of H-pyrrole nitrogens is 1. The molecule has 7 heteroatoms. The molecule has 0 spiro atoms. The molecule has 1 unspecified atom stereocenters. The highest BCUT2D eigenvalue weighted by Gasteiger charge is 2.37. The van der Waals surface area contributed by atoms with E-state index in [1.165, 1.54) is 0 Å². The molecule has 0 saturated carbocycles. The van der Waals surface area contributed by atoms with E-state index < -0.39 is 5.92 Å². The van der Waals surface area contributed by atoms with Gasteiger partial charge in [-0.2, -0.15) is 5.26 Å². The molecule has 7 nitrogen and oxygen atoms in total. The molecular weight excluding hydrogens is 320 g/mol.